The Morgan fingerprint density at radius 2 is 1.81 bits per heavy atom. The highest BCUT2D eigenvalue weighted by atomic mass is 15.3. The standard InChI is InChI=1S/C16H15N5/c1-11-17-8-14(9-18-11)16-20-19-15-7-13(10-21(15)16)12-5-3-2-4-6-12/h2-6,8-9,13H,7,10H2,1H3. The van der Waals surface area contributed by atoms with Crippen molar-refractivity contribution in [1.82, 2.24) is 24.7 Å². The normalized spacial score (nSPS) is 16.9. The van der Waals surface area contributed by atoms with Gasteiger partial charge in [0.05, 0.1) is 5.56 Å². The molecule has 1 aliphatic heterocycles. The largest absolute Gasteiger partial charge is 0.310 e. The van der Waals surface area contributed by atoms with Crippen LogP contribution in [0.4, 0.5) is 0 Å². The van der Waals surface area contributed by atoms with Crippen LogP contribution >= 0.6 is 0 Å². The van der Waals surface area contributed by atoms with Gasteiger partial charge in [0.15, 0.2) is 5.82 Å². The van der Waals surface area contributed by atoms with Crippen molar-refractivity contribution in [2.75, 3.05) is 0 Å². The van der Waals surface area contributed by atoms with Gasteiger partial charge in [0.2, 0.25) is 0 Å². The van der Waals surface area contributed by atoms with Gasteiger partial charge in [-0.3, -0.25) is 0 Å². The molecule has 0 aliphatic carbocycles. The van der Waals surface area contributed by atoms with Crippen molar-refractivity contribution in [2.45, 2.75) is 25.8 Å². The summed E-state index contributed by atoms with van der Waals surface area (Å²) in [5.41, 5.74) is 2.28. The van der Waals surface area contributed by atoms with Crippen LogP contribution in [0.1, 0.15) is 23.1 Å². The van der Waals surface area contributed by atoms with Gasteiger partial charge < -0.3 is 4.57 Å². The minimum Gasteiger partial charge on any atom is -0.310 e. The van der Waals surface area contributed by atoms with E-state index in [2.05, 4.69) is 49.0 Å². The smallest absolute Gasteiger partial charge is 0.167 e. The van der Waals surface area contributed by atoms with Crippen LogP contribution in [0.15, 0.2) is 42.7 Å². The zero-order valence-electron chi connectivity index (χ0n) is 11.8. The molecule has 2 aromatic heterocycles. The van der Waals surface area contributed by atoms with Gasteiger partial charge in [-0.25, -0.2) is 9.97 Å². The summed E-state index contributed by atoms with van der Waals surface area (Å²) in [5, 5.41) is 8.63. The van der Waals surface area contributed by atoms with E-state index in [-0.39, 0.29) is 0 Å². The lowest BCUT2D eigenvalue weighted by Gasteiger charge is -2.09. The first-order valence-electron chi connectivity index (χ1n) is 7.07. The molecule has 1 atom stereocenters. The van der Waals surface area contributed by atoms with Gasteiger partial charge >= 0.3 is 0 Å². The minimum atomic E-state index is 0.474. The third-order valence-corrected chi connectivity index (χ3v) is 3.97. The lowest BCUT2D eigenvalue weighted by Crippen LogP contribution is -2.03. The minimum absolute atomic E-state index is 0.474. The van der Waals surface area contributed by atoms with Gasteiger partial charge in [0.25, 0.3) is 0 Å². The second-order valence-electron chi connectivity index (χ2n) is 5.38. The summed E-state index contributed by atoms with van der Waals surface area (Å²) in [5.74, 6) is 3.15. The van der Waals surface area contributed by atoms with Crippen molar-refractivity contribution in [1.29, 1.82) is 0 Å². The molecule has 3 aromatic rings. The molecule has 5 nitrogen and oxygen atoms in total. The molecule has 0 N–H and O–H groups in total. The highest BCUT2D eigenvalue weighted by Gasteiger charge is 2.27. The van der Waals surface area contributed by atoms with Crippen molar-refractivity contribution in [3.05, 3.63) is 59.9 Å². The number of nitrogens with zero attached hydrogens (tertiary/aromatic N) is 5. The highest BCUT2D eigenvalue weighted by molar-refractivity contribution is 5.53. The maximum absolute atomic E-state index is 4.33. The number of rotatable bonds is 2. The number of aryl methyl sites for hydroxylation is 1. The SMILES string of the molecule is Cc1ncc(-c2nnc3n2CC(c2ccccc2)C3)cn1. The molecule has 0 radical (unpaired) electrons. The molecule has 4 rings (SSSR count). The first-order valence-corrected chi connectivity index (χ1v) is 7.07. The zero-order chi connectivity index (χ0) is 14.2. The summed E-state index contributed by atoms with van der Waals surface area (Å²) in [4.78, 5) is 8.49. The maximum Gasteiger partial charge on any atom is 0.167 e. The number of hydrogen-bond acceptors (Lipinski definition) is 4. The van der Waals surface area contributed by atoms with Gasteiger partial charge in [0, 0.05) is 31.3 Å². The average Bonchev–Trinajstić information content (AvgIpc) is 3.09. The van der Waals surface area contributed by atoms with E-state index in [0.29, 0.717) is 5.92 Å². The van der Waals surface area contributed by atoms with E-state index < -0.39 is 0 Å². The predicted octanol–water partition coefficient (Wildman–Crippen LogP) is 2.38. The molecular formula is C16H15N5. The van der Waals surface area contributed by atoms with Crippen molar-refractivity contribution in [2.24, 2.45) is 0 Å². The average molecular weight is 277 g/mol. The number of benzene rings is 1. The molecule has 0 saturated carbocycles. The Bertz CT molecular complexity index is 761. The van der Waals surface area contributed by atoms with Gasteiger partial charge in [0.1, 0.15) is 11.6 Å². The lowest BCUT2D eigenvalue weighted by atomic mass is 9.98. The number of fused-ring (bicyclic) bond motifs is 1. The van der Waals surface area contributed by atoms with E-state index in [9.17, 15) is 0 Å². The van der Waals surface area contributed by atoms with Crippen molar-refractivity contribution >= 4 is 0 Å². The van der Waals surface area contributed by atoms with Crippen LogP contribution < -0.4 is 0 Å². The fraction of sp³-hybridized carbons (Fsp3) is 0.250. The molecule has 1 aromatic carbocycles. The topological polar surface area (TPSA) is 56.5 Å². The Balaban J connectivity index is 1.67. The summed E-state index contributed by atoms with van der Waals surface area (Å²) in [6.45, 7) is 2.79. The van der Waals surface area contributed by atoms with E-state index in [1.165, 1.54) is 5.56 Å². The molecule has 0 saturated heterocycles. The van der Waals surface area contributed by atoms with Gasteiger partial charge in [-0.15, -0.1) is 10.2 Å². The molecule has 0 amide bonds. The van der Waals surface area contributed by atoms with E-state index in [1.807, 2.05) is 25.4 Å². The summed E-state index contributed by atoms with van der Waals surface area (Å²) < 4.78 is 2.19. The summed E-state index contributed by atoms with van der Waals surface area (Å²) in [6, 6.07) is 10.6. The second-order valence-corrected chi connectivity index (χ2v) is 5.38. The van der Waals surface area contributed by atoms with E-state index in [0.717, 1.165) is 36.0 Å². The Labute approximate surface area is 122 Å². The Morgan fingerprint density at radius 3 is 2.57 bits per heavy atom. The molecule has 0 fully saturated rings. The lowest BCUT2D eigenvalue weighted by molar-refractivity contribution is 0.650. The third-order valence-electron chi connectivity index (χ3n) is 3.97. The van der Waals surface area contributed by atoms with Crippen LogP contribution in [0, 0.1) is 6.92 Å². The van der Waals surface area contributed by atoms with Gasteiger partial charge in [-0.1, -0.05) is 30.3 Å². The molecule has 5 heteroatoms. The second kappa shape index (κ2) is 4.77. The van der Waals surface area contributed by atoms with Crippen LogP contribution in [-0.4, -0.2) is 24.7 Å². The van der Waals surface area contributed by atoms with Crippen LogP contribution in [0.2, 0.25) is 0 Å². The first kappa shape index (κ1) is 12.2. The molecule has 1 unspecified atom stereocenters. The van der Waals surface area contributed by atoms with Gasteiger partial charge in [-0.2, -0.15) is 0 Å². The monoisotopic (exact) mass is 277 g/mol. The maximum atomic E-state index is 4.33. The van der Waals surface area contributed by atoms with Crippen LogP contribution in [-0.2, 0) is 13.0 Å². The first-order chi connectivity index (χ1) is 10.3. The molecule has 0 spiro atoms. The fourth-order valence-corrected chi connectivity index (χ4v) is 2.85. The van der Waals surface area contributed by atoms with Gasteiger partial charge in [-0.05, 0) is 12.5 Å². The number of hydrogen-bond donors (Lipinski definition) is 0. The van der Waals surface area contributed by atoms with E-state index in [1.54, 1.807) is 0 Å². The van der Waals surface area contributed by atoms with Crippen LogP contribution in [0.25, 0.3) is 11.4 Å². The molecule has 21 heavy (non-hydrogen) atoms. The van der Waals surface area contributed by atoms with Crippen molar-refractivity contribution in [3.63, 3.8) is 0 Å². The Morgan fingerprint density at radius 1 is 1.05 bits per heavy atom. The summed E-state index contributed by atoms with van der Waals surface area (Å²) >= 11 is 0. The molecular weight excluding hydrogens is 262 g/mol. The molecule has 104 valence electrons. The Kier molecular flexibility index (Phi) is 2.77. The molecule has 0 bridgehead atoms. The predicted molar refractivity (Wildman–Crippen MR) is 78.7 cm³/mol. The van der Waals surface area contributed by atoms with E-state index >= 15 is 0 Å². The summed E-state index contributed by atoms with van der Waals surface area (Å²) in [6.07, 6.45) is 4.56. The van der Waals surface area contributed by atoms with E-state index in [4.69, 9.17) is 0 Å². The molecule has 1 aliphatic rings. The van der Waals surface area contributed by atoms with Crippen molar-refractivity contribution in [3.8, 4) is 11.4 Å². The summed E-state index contributed by atoms with van der Waals surface area (Å²) in [7, 11) is 0. The third kappa shape index (κ3) is 2.11. The molecule has 3 heterocycles. The fourth-order valence-electron chi connectivity index (χ4n) is 2.85. The van der Waals surface area contributed by atoms with Crippen LogP contribution in [0.3, 0.4) is 0 Å². The number of aromatic nitrogens is 5. The zero-order valence-corrected chi connectivity index (χ0v) is 11.8. The van der Waals surface area contributed by atoms with Crippen LogP contribution in [0.5, 0.6) is 0 Å². The highest BCUT2D eigenvalue weighted by Crippen LogP contribution is 2.31. The van der Waals surface area contributed by atoms with Crippen molar-refractivity contribution < 1.29 is 0 Å². The quantitative estimate of drug-likeness (QED) is 0.721. The Hall–Kier alpha value is -2.56.